The molecule has 1 fully saturated rings. The van der Waals surface area contributed by atoms with Gasteiger partial charge in [-0.05, 0) is 31.0 Å². The Balaban J connectivity index is 1.35. The van der Waals surface area contributed by atoms with Crippen LogP contribution in [0.4, 0.5) is 0 Å². The summed E-state index contributed by atoms with van der Waals surface area (Å²) in [4.78, 5) is 63.7. The highest BCUT2D eigenvalue weighted by Gasteiger charge is 2.40. The number of hydrogen-bond acceptors (Lipinski definition) is 5. The minimum absolute atomic E-state index is 0.0435. The lowest BCUT2D eigenvalue weighted by Crippen LogP contribution is -2.55. The van der Waals surface area contributed by atoms with E-state index in [1.165, 1.54) is 11.9 Å². The third-order valence-corrected chi connectivity index (χ3v) is 9.47. The van der Waals surface area contributed by atoms with Crippen LogP contribution in [0.15, 0.2) is 48.5 Å². The molecule has 0 radical (unpaired) electrons. The molecule has 2 aliphatic heterocycles. The smallest absolute Gasteiger partial charge is 0.262 e. The molecule has 3 aromatic carbocycles. The monoisotopic (exact) mass is 606 g/mol. The molecule has 1 saturated heterocycles. The zero-order chi connectivity index (χ0) is 31.6. The largest absolute Gasteiger partial charge is 0.353 e. The van der Waals surface area contributed by atoms with E-state index in [4.69, 9.17) is 0 Å². The highest BCUT2D eigenvalue weighted by molar-refractivity contribution is 6.39. The highest BCUT2D eigenvalue weighted by atomic mass is 16.2. The molecule has 2 aromatic heterocycles. The molecule has 2 N–H and O–H groups in total. The molecule has 0 spiro atoms. The second-order valence-electron chi connectivity index (χ2n) is 12.7. The van der Waals surface area contributed by atoms with E-state index in [1.807, 2.05) is 58.0 Å². The molecule has 0 saturated carbocycles. The van der Waals surface area contributed by atoms with Crippen LogP contribution in [0.25, 0.3) is 43.6 Å². The fraction of sp³-hybridized carbons (Fsp3) is 0.371. The number of likely N-dealkylation sites (N-methyl/N-ethyl adjacent to an activating group) is 1. The zero-order valence-electron chi connectivity index (χ0n) is 26.1. The third-order valence-electron chi connectivity index (χ3n) is 9.47. The Morgan fingerprint density at radius 1 is 0.889 bits per heavy atom. The highest BCUT2D eigenvalue weighted by Crippen LogP contribution is 2.44. The summed E-state index contributed by atoms with van der Waals surface area (Å²) in [5.41, 5.74) is 3.76. The van der Waals surface area contributed by atoms with Gasteiger partial charge in [0.25, 0.3) is 11.8 Å². The predicted molar refractivity (Wildman–Crippen MR) is 175 cm³/mol. The van der Waals surface area contributed by atoms with Gasteiger partial charge in [-0.25, -0.2) is 0 Å². The van der Waals surface area contributed by atoms with Crippen LogP contribution in [-0.2, 0) is 16.1 Å². The van der Waals surface area contributed by atoms with Gasteiger partial charge in [0.2, 0.25) is 11.8 Å². The van der Waals surface area contributed by atoms with Gasteiger partial charge in [0, 0.05) is 65.8 Å². The Labute approximate surface area is 260 Å². The van der Waals surface area contributed by atoms with Crippen molar-refractivity contribution in [3.05, 3.63) is 59.7 Å². The Hall–Kier alpha value is -4.70. The standard InChI is InChI=1S/C35H38N6O4/c1-5-39-14-16-40(17-15-39)33(43)24(18-20(2)3)36-26(42)19-41-25-13-9-7-11-22(25)28-30-29(34(44)38(4)35(30)45)27-21-10-6-8-12-23(21)37-31(27)32(28)41/h6-13,20,24,37H,5,14-19H2,1-4H3,(H,36,42). The molecule has 2 aliphatic rings. The summed E-state index contributed by atoms with van der Waals surface area (Å²) >= 11 is 0. The number of hydrogen-bond donors (Lipinski definition) is 2. The SMILES string of the molecule is CCN1CCN(C(=O)C(CC(C)C)NC(=O)Cn2c3ccccc3c3c4c(c5c6ccccc6[nH]c5c32)C(=O)N(C)C4=O)CC1. The van der Waals surface area contributed by atoms with E-state index in [9.17, 15) is 19.2 Å². The van der Waals surface area contributed by atoms with Gasteiger partial charge in [0.05, 0.1) is 22.2 Å². The minimum Gasteiger partial charge on any atom is -0.353 e. The number of aromatic nitrogens is 2. The number of carbonyl (C=O) groups excluding carboxylic acids is 4. The maximum Gasteiger partial charge on any atom is 0.262 e. The molecule has 0 bridgehead atoms. The summed E-state index contributed by atoms with van der Waals surface area (Å²) < 4.78 is 1.92. The first-order valence-corrected chi connectivity index (χ1v) is 15.8. The molecule has 0 aliphatic carbocycles. The number of benzene rings is 3. The number of imide groups is 1. The lowest BCUT2D eigenvalue weighted by Gasteiger charge is -2.36. The van der Waals surface area contributed by atoms with E-state index in [2.05, 4.69) is 36.0 Å². The van der Waals surface area contributed by atoms with E-state index in [0.717, 1.165) is 41.4 Å². The van der Waals surface area contributed by atoms with Crippen molar-refractivity contribution in [3.63, 3.8) is 0 Å². The molecule has 232 valence electrons. The molecule has 7 rings (SSSR count). The summed E-state index contributed by atoms with van der Waals surface area (Å²) in [7, 11) is 1.51. The molecule has 10 nitrogen and oxygen atoms in total. The number of nitrogens with zero attached hydrogens (tertiary/aromatic N) is 4. The molecule has 45 heavy (non-hydrogen) atoms. The summed E-state index contributed by atoms with van der Waals surface area (Å²) in [6.07, 6.45) is 0.536. The van der Waals surface area contributed by atoms with E-state index >= 15 is 0 Å². The van der Waals surface area contributed by atoms with Gasteiger partial charge in [-0.1, -0.05) is 57.2 Å². The number of fused-ring (bicyclic) bond motifs is 10. The van der Waals surface area contributed by atoms with Crippen LogP contribution < -0.4 is 5.32 Å². The number of rotatable bonds is 7. The number of H-pyrrole nitrogens is 1. The number of nitrogens with one attached hydrogen (secondary N) is 2. The Morgan fingerprint density at radius 2 is 1.53 bits per heavy atom. The van der Waals surface area contributed by atoms with Gasteiger partial charge in [-0.2, -0.15) is 0 Å². The molecular weight excluding hydrogens is 568 g/mol. The molecular formula is C35H38N6O4. The van der Waals surface area contributed by atoms with Crippen LogP contribution >= 0.6 is 0 Å². The summed E-state index contributed by atoms with van der Waals surface area (Å²) in [5, 5.41) is 6.05. The normalized spacial score (nSPS) is 16.6. The molecule has 10 heteroatoms. The van der Waals surface area contributed by atoms with Crippen LogP contribution in [0, 0.1) is 5.92 Å². The molecule has 4 heterocycles. The maximum atomic E-state index is 13.9. The first-order valence-electron chi connectivity index (χ1n) is 15.8. The average molecular weight is 607 g/mol. The Morgan fingerprint density at radius 3 is 2.22 bits per heavy atom. The van der Waals surface area contributed by atoms with Crippen LogP contribution in [-0.4, -0.2) is 93.7 Å². The van der Waals surface area contributed by atoms with E-state index in [0.29, 0.717) is 52.4 Å². The Kier molecular flexibility index (Phi) is 7.12. The van der Waals surface area contributed by atoms with Crippen molar-refractivity contribution in [2.75, 3.05) is 39.8 Å². The fourth-order valence-electron chi connectivity index (χ4n) is 7.25. The number of carbonyl (C=O) groups is 4. The quantitative estimate of drug-likeness (QED) is 0.268. The first kappa shape index (κ1) is 29.0. The van der Waals surface area contributed by atoms with E-state index < -0.39 is 6.04 Å². The average Bonchev–Trinajstić information content (AvgIpc) is 3.65. The van der Waals surface area contributed by atoms with E-state index in [1.54, 1.807) is 0 Å². The van der Waals surface area contributed by atoms with Gasteiger partial charge < -0.3 is 24.7 Å². The van der Waals surface area contributed by atoms with Crippen molar-refractivity contribution < 1.29 is 19.2 Å². The van der Waals surface area contributed by atoms with Crippen LogP contribution in [0.1, 0.15) is 47.9 Å². The molecule has 1 atom stereocenters. The van der Waals surface area contributed by atoms with Crippen LogP contribution in [0.3, 0.4) is 0 Å². The number of piperazine rings is 1. The van der Waals surface area contributed by atoms with Gasteiger partial charge in [0.1, 0.15) is 12.6 Å². The van der Waals surface area contributed by atoms with Crippen molar-refractivity contribution in [1.29, 1.82) is 0 Å². The van der Waals surface area contributed by atoms with Crippen LogP contribution in [0.5, 0.6) is 0 Å². The Bertz CT molecular complexity index is 2030. The molecule has 5 aromatic rings. The molecule has 1 unspecified atom stereocenters. The topological polar surface area (TPSA) is 111 Å². The summed E-state index contributed by atoms with van der Waals surface area (Å²) in [6, 6.07) is 14.7. The van der Waals surface area contributed by atoms with Crippen molar-refractivity contribution in [1.82, 2.24) is 29.6 Å². The van der Waals surface area contributed by atoms with Crippen molar-refractivity contribution in [3.8, 4) is 0 Å². The fourth-order valence-corrected chi connectivity index (χ4v) is 7.25. The van der Waals surface area contributed by atoms with Gasteiger partial charge >= 0.3 is 0 Å². The lowest BCUT2D eigenvalue weighted by molar-refractivity contribution is -0.138. The van der Waals surface area contributed by atoms with E-state index in [-0.39, 0.29) is 36.1 Å². The maximum absolute atomic E-state index is 13.9. The number of amides is 4. The minimum atomic E-state index is -0.635. The number of aromatic amines is 1. The van der Waals surface area contributed by atoms with Crippen LogP contribution in [0.2, 0.25) is 0 Å². The van der Waals surface area contributed by atoms with Crippen molar-refractivity contribution in [2.24, 2.45) is 5.92 Å². The van der Waals surface area contributed by atoms with Crippen molar-refractivity contribution in [2.45, 2.75) is 39.8 Å². The summed E-state index contributed by atoms with van der Waals surface area (Å²) in [6.45, 7) is 10.1. The van der Waals surface area contributed by atoms with Gasteiger partial charge in [-0.3, -0.25) is 24.1 Å². The second-order valence-corrected chi connectivity index (χ2v) is 12.7. The second kappa shape index (κ2) is 11.0. The number of para-hydroxylation sites is 2. The van der Waals surface area contributed by atoms with Crippen molar-refractivity contribution >= 4 is 67.2 Å². The lowest BCUT2D eigenvalue weighted by atomic mass is 9.97. The van der Waals surface area contributed by atoms with Gasteiger partial charge in [-0.15, -0.1) is 0 Å². The predicted octanol–water partition coefficient (Wildman–Crippen LogP) is 4.35. The summed E-state index contributed by atoms with van der Waals surface area (Å²) in [5.74, 6) is -0.814. The third kappa shape index (κ3) is 4.58. The van der Waals surface area contributed by atoms with Gasteiger partial charge in [0.15, 0.2) is 0 Å². The zero-order valence-corrected chi connectivity index (χ0v) is 26.1. The molecule has 4 amide bonds. The first-order chi connectivity index (χ1) is 21.7.